The van der Waals surface area contributed by atoms with E-state index < -0.39 is 0 Å². The Morgan fingerprint density at radius 2 is 2.10 bits per heavy atom. The van der Waals surface area contributed by atoms with Crippen LogP contribution in [0.1, 0.15) is 18.1 Å². The second-order valence-corrected chi connectivity index (χ2v) is 5.29. The average molecular weight is 283 g/mol. The molecule has 110 valence electrons. The van der Waals surface area contributed by atoms with Crippen LogP contribution < -0.4 is 14.8 Å². The van der Waals surface area contributed by atoms with E-state index in [-0.39, 0.29) is 6.10 Å². The fourth-order valence-electron chi connectivity index (χ4n) is 2.55. The summed E-state index contributed by atoms with van der Waals surface area (Å²) in [5.74, 6) is 1.90. The van der Waals surface area contributed by atoms with Crippen molar-refractivity contribution in [3.63, 3.8) is 0 Å². The van der Waals surface area contributed by atoms with E-state index in [1.807, 2.05) is 24.3 Å². The first kappa shape index (κ1) is 14.0. The molecule has 0 saturated carbocycles. The summed E-state index contributed by atoms with van der Waals surface area (Å²) in [6, 6.07) is 16.4. The molecule has 2 aromatic carbocycles. The number of hydrogen-bond acceptors (Lipinski definition) is 3. The van der Waals surface area contributed by atoms with Gasteiger partial charge in [-0.15, -0.1) is 0 Å². The van der Waals surface area contributed by atoms with E-state index in [2.05, 4.69) is 36.5 Å². The van der Waals surface area contributed by atoms with E-state index in [9.17, 15) is 0 Å². The van der Waals surface area contributed by atoms with Gasteiger partial charge in [-0.3, -0.25) is 0 Å². The highest BCUT2D eigenvalue weighted by molar-refractivity contribution is 5.37. The fourth-order valence-corrected chi connectivity index (χ4v) is 2.55. The Morgan fingerprint density at radius 1 is 1.19 bits per heavy atom. The number of rotatable bonds is 6. The summed E-state index contributed by atoms with van der Waals surface area (Å²) in [6.07, 6.45) is 1.03. The van der Waals surface area contributed by atoms with Gasteiger partial charge in [-0.1, -0.05) is 37.3 Å². The zero-order valence-electron chi connectivity index (χ0n) is 12.3. The lowest BCUT2D eigenvalue weighted by atomic mass is 10.1. The monoisotopic (exact) mass is 283 g/mol. The Labute approximate surface area is 125 Å². The van der Waals surface area contributed by atoms with Crippen LogP contribution in [0.25, 0.3) is 0 Å². The first-order chi connectivity index (χ1) is 10.3. The summed E-state index contributed by atoms with van der Waals surface area (Å²) < 4.78 is 11.8. The van der Waals surface area contributed by atoms with E-state index in [0.717, 1.165) is 31.0 Å². The zero-order valence-corrected chi connectivity index (χ0v) is 12.3. The molecule has 1 N–H and O–H groups in total. The molecule has 0 aliphatic carbocycles. The van der Waals surface area contributed by atoms with Gasteiger partial charge < -0.3 is 14.8 Å². The smallest absolute Gasteiger partial charge is 0.137 e. The number of hydrogen-bond donors (Lipinski definition) is 1. The minimum Gasteiger partial charge on any atom is -0.490 e. The maximum atomic E-state index is 5.89. The quantitative estimate of drug-likeness (QED) is 0.883. The molecule has 2 aromatic rings. The van der Waals surface area contributed by atoms with Crippen LogP contribution in [0.2, 0.25) is 0 Å². The van der Waals surface area contributed by atoms with Crippen LogP contribution in [0.3, 0.4) is 0 Å². The molecule has 0 aromatic heterocycles. The molecule has 0 bridgehead atoms. The third-order valence-corrected chi connectivity index (χ3v) is 3.63. The van der Waals surface area contributed by atoms with Crippen molar-refractivity contribution in [1.82, 2.24) is 5.32 Å². The first-order valence-corrected chi connectivity index (χ1v) is 7.52. The summed E-state index contributed by atoms with van der Waals surface area (Å²) in [7, 11) is 0. The molecule has 0 amide bonds. The number of fused-ring (bicyclic) bond motifs is 1. The van der Waals surface area contributed by atoms with E-state index >= 15 is 0 Å². The Bertz CT molecular complexity index is 572. The molecule has 3 heteroatoms. The normalized spacial score (nSPS) is 16.3. The summed E-state index contributed by atoms with van der Waals surface area (Å²) in [4.78, 5) is 0. The summed E-state index contributed by atoms with van der Waals surface area (Å²) >= 11 is 0. The fraction of sp³-hybridized carbons (Fsp3) is 0.333. The van der Waals surface area contributed by atoms with Crippen molar-refractivity contribution < 1.29 is 9.47 Å². The SMILES string of the molecule is CCNCc1cccc(OCC2Cc3ccccc3O2)c1. The predicted molar refractivity (Wildman–Crippen MR) is 83.9 cm³/mol. The molecule has 3 rings (SSSR count). The van der Waals surface area contributed by atoms with Crippen molar-refractivity contribution in [3.05, 3.63) is 59.7 Å². The highest BCUT2D eigenvalue weighted by atomic mass is 16.5. The lowest BCUT2D eigenvalue weighted by molar-refractivity contribution is 0.148. The predicted octanol–water partition coefficient (Wildman–Crippen LogP) is 3.18. The Hall–Kier alpha value is -2.00. The standard InChI is InChI=1S/C18H21NO2/c1-2-19-12-14-6-5-8-16(10-14)20-13-17-11-15-7-3-4-9-18(15)21-17/h3-10,17,19H,2,11-13H2,1H3. The molecule has 1 aliphatic rings. The summed E-state index contributed by atoms with van der Waals surface area (Å²) in [5, 5.41) is 3.32. The maximum absolute atomic E-state index is 5.89. The van der Waals surface area contributed by atoms with Crippen LogP contribution in [-0.2, 0) is 13.0 Å². The molecule has 21 heavy (non-hydrogen) atoms. The van der Waals surface area contributed by atoms with Gasteiger partial charge in [0.2, 0.25) is 0 Å². The largest absolute Gasteiger partial charge is 0.490 e. The maximum Gasteiger partial charge on any atom is 0.137 e. The Morgan fingerprint density at radius 3 is 2.95 bits per heavy atom. The van der Waals surface area contributed by atoms with Crippen molar-refractivity contribution in [1.29, 1.82) is 0 Å². The second kappa shape index (κ2) is 6.64. The Kier molecular flexibility index (Phi) is 4.41. The summed E-state index contributed by atoms with van der Waals surface area (Å²) in [6.45, 7) is 4.53. The van der Waals surface area contributed by atoms with Gasteiger partial charge in [-0.2, -0.15) is 0 Å². The molecule has 0 radical (unpaired) electrons. The molecule has 1 aliphatic heterocycles. The van der Waals surface area contributed by atoms with Gasteiger partial charge in [0, 0.05) is 13.0 Å². The van der Waals surface area contributed by atoms with Gasteiger partial charge in [0.25, 0.3) is 0 Å². The molecule has 3 nitrogen and oxygen atoms in total. The molecule has 0 fully saturated rings. The zero-order chi connectivity index (χ0) is 14.5. The van der Waals surface area contributed by atoms with Gasteiger partial charge >= 0.3 is 0 Å². The van der Waals surface area contributed by atoms with Crippen LogP contribution in [0.15, 0.2) is 48.5 Å². The summed E-state index contributed by atoms with van der Waals surface area (Å²) in [5.41, 5.74) is 2.51. The third-order valence-electron chi connectivity index (χ3n) is 3.63. The average Bonchev–Trinajstić information content (AvgIpc) is 2.94. The van der Waals surface area contributed by atoms with Crippen molar-refractivity contribution in [3.8, 4) is 11.5 Å². The van der Waals surface area contributed by atoms with Crippen molar-refractivity contribution in [2.75, 3.05) is 13.2 Å². The highest BCUT2D eigenvalue weighted by Crippen LogP contribution is 2.28. The van der Waals surface area contributed by atoms with Crippen molar-refractivity contribution >= 4 is 0 Å². The molecular formula is C18H21NO2. The molecule has 1 atom stereocenters. The molecule has 1 heterocycles. The minimum atomic E-state index is 0.111. The van der Waals surface area contributed by atoms with E-state index in [0.29, 0.717) is 6.61 Å². The first-order valence-electron chi connectivity index (χ1n) is 7.52. The van der Waals surface area contributed by atoms with Gasteiger partial charge in [0.1, 0.15) is 24.2 Å². The van der Waals surface area contributed by atoms with Crippen LogP contribution in [0.4, 0.5) is 0 Å². The Balaban J connectivity index is 1.54. The second-order valence-electron chi connectivity index (χ2n) is 5.29. The molecular weight excluding hydrogens is 262 g/mol. The van der Waals surface area contributed by atoms with E-state index in [4.69, 9.17) is 9.47 Å². The lowest BCUT2D eigenvalue weighted by Crippen LogP contribution is -2.22. The van der Waals surface area contributed by atoms with Gasteiger partial charge in [-0.25, -0.2) is 0 Å². The number of para-hydroxylation sites is 1. The van der Waals surface area contributed by atoms with Crippen LogP contribution >= 0.6 is 0 Å². The van der Waals surface area contributed by atoms with Crippen molar-refractivity contribution in [2.24, 2.45) is 0 Å². The number of nitrogens with one attached hydrogen (secondary N) is 1. The van der Waals surface area contributed by atoms with Crippen molar-refractivity contribution in [2.45, 2.75) is 26.0 Å². The lowest BCUT2D eigenvalue weighted by Gasteiger charge is -2.13. The number of ether oxygens (including phenoxy) is 2. The topological polar surface area (TPSA) is 30.5 Å². The van der Waals surface area contributed by atoms with Crippen LogP contribution in [-0.4, -0.2) is 19.3 Å². The highest BCUT2D eigenvalue weighted by Gasteiger charge is 2.22. The van der Waals surface area contributed by atoms with Gasteiger partial charge in [0.15, 0.2) is 0 Å². The number of benzene rings is 2. The molecule has 0 spiro atoms. The third kappa shape index (κ3) is 3.56. The van der Waals surface area contributed by atoms with Crippen LogP contribution in [0, 0.1) is 0 Å². The van der Waals surface area contributed by atoms with E-state index in [1.165, 1.54) is 11.1 Å². The van der Waals surface area contributed by atoms with Crippen LogP contribution in [0.5, 0.6) is 11.5 Å². The van der Waals surface area contributed by atoms with E-state index in [1.54, 1.807) is 0 Å². The molecule has 1 unspecified atom stereocenters. The minimum absolute atomic E-state index is 0.111. The van der Waals surface area contributed by atoms with Gasteiger partial charge in [0.05, 0.1) is 0 Å². The molecule has 0 saturated heterocycles. The van der Waals surface area contributed by atoms with Gasteiger partial charge in [-0.05, 0) is 35.9 Å².